The maximum Gasteiger partial charge on any atom is 0.233 e. The third-order valence-electron chi connectivity index (χ3n) is 4.97. The summed E-state index contributed by atoms with van der Waals surface area (Å²) in [6.45, 7) is 3.38. The molecule has 1 aliphatic heterocycles. The van der Waals surface area contributed by atoms with Gasteiger partial charge in [-0.25, -0.2) is 4.98 Å². The number of nitrogens with zero attached hydrogens (tertiary/aromatic N) is 3. The van der Waals surface area contributed by atoms with Crippen LogP contribution >= 0.6 is 11.3 Å². The van der Waals surface area contributed by atoms with E-state index in [9.17, 15) is 9.59 Å². The first-order valence-electron chi connectivity index (χ1n) is 8.67. The first-order valence-corrected chi connectivity index (χ1v) is 9.55. The molecule has 3 fully saturated rings. The van der Waals surface area contributed by atoms with Gasteiger partial charge in [0.25, 0.3) is 0 Å². The number of amides is 2. The van der Waals surface area contributed by atoms with Crippen molar-refractivity contribution < 1.29 is 9.59 Å². The number of thiazole rings is 1. The molecule has 0 unspecified atom stereocenters. The van der Waals surface area contributed by atoms with E-state index in [1.165, 1.54) is 0 Å². The highest BCUT2D eigenvalue weighted by molar-refractivity contribution is 7.14. The van der Waals surface area contributed by atoms with Crippen molar-refractivity contribution in [1.29, 1.82) is 0 Å². The third kappa shape index (κ3) is 3.13. The SMILES string of the molecule is Cc1csc(N(C(=O)[C@@H]2CCCN(C(=O)C3CC3)C2)C2CC2)n1. The highest BCUT2D eigenvalue weighted by atomic mass is 32.1. The number of carbonyl (C=O) groups is 2. The molecule has 4 rings (SSSR count). The van der Waals surface area contributed by atoms with E-state index in [0.717, 1.165) is 55.9 Å². The fourth-order valence-electron chi connectivity index (χ4n) is 3.38. The normalized spacial score (nSPS) is 24.6. The van der Waals surface area contributed by atoms with Crippen LogP contribution in [-0.4, -0.2) is 40.8 Å². The molecule has 2 heterocycles. The van der Waals surface area contributed by atoms with Crippen molar-refractivity contribution in [3.63, 3.8) is 0 Å². The van der Waals surface area contributed by atoms with Gasteiger partial charge in [0.1, 0.15) is 0 Å². The lowest BCUT2D eigenvalue weighted by Crippen LogP contribution is -2.48. The lowest BCUT2D eigenvalue weighted by Gasteiger charge is -2.34. The van der Waals surface area contributed by atoms with Gasteiger partial charge in [0, 0.05) is 30.4 Å². The molecule has 0 spiro atoms. The monoisotopic (exact) mass is 333 g/mol. The zero-order valence-corrected chi connectivity index (χ0v) is 14.3. The topological polar surface area (TPSA) is 53.5 Å². The standard InChI is InChI=1S/C17H23N3O2S/c1-11-10-23-17(18-11)20(14-6-7-14)16(22)13-3-2-8-19(9-13)15(21)12-4-5-12/h10,12-14H,2-9H2,1H3/t13-/m1/s1. The van der Waals surface area contributed by atoms with Gasteiger partial charge in [-0.05, 0) is 45.4 Å². The van der Waals surface area contributed by atoms with E-state index in [2.05, 4.69) is 4.98 Å². The van der Waals surface area contributed by atoms with E-state index in [1.54, 1.807) is 11.3 Å². The van der Waals surface area contributed by atoms with Crippen LogP contribution in [-0.2, 0) is 9.59 Å². The predicted octanol–water partition coefficient (Wildman–Crippen LogP) is 2.60. The summed E-state index contributed by atoms with van der Waals surface area (Å²) in [7, 11) is 0. The zero-order valence-electron chi connectivity index (χ0n) is 13.5. The van der Waals surface area contributed by atoms with E-state index >= 15 is 0 Å². The molecule has 6 heteroatoms. The third-order valence-corrected chi connectivity index (χ3v) is 5.93. The first kappa shape index (κ1) is 15.1. The second-order valence-corrected chi connectivity index (χ2v) is 7.95. The molecule has 5 nitrogen and oxygen atoms in total. The Morgan fingerprint density at radius 1 is 1.22 bits per heavy atom. The Bertz CT molecular complexity index is 621. The predicted molar refractivity (Wildman–Crippen MR) is 89.4 cm³/mol. The minimum atomic E-state index is -0.0590. The summed E-state index contributed by atoms with van der Waals surface area (Å²) in [6.07, 6.45) is 6.02. The van der Waals surface area contributed by atoms with Crippen LogP contribution in [0.2, 0.25) is 0 Å². The Balaban J connectivity index is 1.48. The molecule has 2 saturated carbocycles. The van der Waals surface area contributed by atoms with Crippen LogP contribution in [0.25, 0.3) is 0 Å². The minimum absolute atomic E-state index is 0.0590. The summed E-state index contributed by atoms with van der Waals surface area (Å²) < 4.78 is 0. The molecule has 1 aromatic rings. The van der Waals surface area contributed by atoms with Crippen LogP contribution in [0.4, 0.5) is 5.13 Å². The van der Waals surface area contributed by atoms with Crippen molar-refractivity contribution in [2.24, 2.45) is 11.8 Å². The second kappa shape index (κ2) is 5.89. The summed E-state index contributed by atoms with van der Waals surface area (Å²) >= 11 is 1.55. The van der Waals surface area contributed by atoms with E-state index in [4.69, 9.17) is 0 Å². The molecular weight excluding hydrogens is 310 g/mol. The molecule has 124 valence electrons. The van der Waals surface area contributed by atoms with E-state index < -0.39 is 0 Å². The molecule has 0 bridgehead atoms. The Labute approximate surface area is 140 Å². The average molecular weight is 333 g/mol. The Kier molecular flexibility index (Phi) is 3.87. The van der Waals surface area contributed by atoms with Crippen LogP contribution < -0.4 is 4.90 Å². The van der Waals surface area contributed by atoms with Crippen LogP contribution in [0.1, 0.15) is 44.2 Å². The summed E-state index contributed by atoms with van der Waals surface area (Å²) in [6, 6.07) is 0.322. The van der Waals surface area contributed by atoms with E-state index in [-0.39, 0.29) is 23.7 Å². The van der Waals surface area contributed by atoms with Crippen molar-refractivity contribution in [2.45, 2.75) is 51.5 Å². The lowest BCUT2D eigenvalue weighted by atomic mass is 9.96. The van der Waals surface area contributed by atoms with Gasteiger partial charge < -0.3 is 4.90 Å². The van der Waals surface area contributed by atoms with Crippen molar-refractivity contribution in [3.05, 3.63) is 11.1 Å². The van der Waals surface area contributed by atoms with Crippen LogP contribution in [0, 0.1) is 18.8 Å². The van der Waals surface area contributed by atoms with E-state index in [0.29, 0.717) is 12.6 Å². The van der Waals surface area contributed by atoms with E-state index in [1.807, 2.05) is 22.1 Å². The molecule has 2 aliphatic carbocycles. The summed E-state index contributed by atoms with van der Waals surface area (Å²) in [5.41, 5.74) is 0.970. The minimum Gasteiger partial charge on any atom is -0.342 e. The number of hydrogen-bond donors (Lipinski definition) is 0. The molecule has 1 atom stereocenters. The highest BCUT2D eigenvalue weighted by Gasteiger charge is 2.41. The molecule has 0 N–H and O–H groups in total. The molecule has 2 amide bonds. The van der Waals surface area contributed by atoms with Gasteiger partial charge >= 0.3 is 0 Å². The Morgan fingerprint density at radius 3 is 2.61 bits per heavy atom. The number of likely N-dealkylation sites (tertiary alicyclic amines) is 1. The van der Waals surface area contributed by atoms with Crippen molar-refractivity contribution >= 4 is 28.3 Å². The van der Waals surface area contributed by atoms with Gasteiger partial charge in [0.2, 0.25) is 11.8 Å². The Hall–Kier alpha value is -1.43. The fourth-order valence-corrected chi connectivity index (χ4v) is 4.26. The largest absolute Gasteiger partial charge is 0.342 e. The van der Waals surface area contributed by atoms with Crippen molar-refractivity contribution in [1.82, 2.24) is 9.88 Å². The van der Waals surface area contributed by atoms with Crippen molar-refractivity contribution in [3.8, 4) is 0 Å². The summed E-state index contributed by atoms with van der Waals surface area (Å²) in [4.78, 5) is 33.8. The summed E-state index contributed by atoms with van der Waals surface area (Å²) in [5.74, 6) is 0.627. The van der Waals surface area contributed by atoms with Crippen molar-refractivity contribution in [2.75, 3.05) is 18.0 Å². The molecular formula is C17H23N3O2S. The Morgan fingerprint density at radius 2 is 2.00 bits per heavy atom. The maximum absolute atomic E-state index is 13.1. The fraction of sp³-hybridized carbons (Fsp3) is 0.706. The zero-order chi connectivity index (χ0) is 16.0. The van der Waals surface area contributed by atoms with Crippen LogP contribution in [0.5, 0.6) is 0 Å². The maximum atomic E-state index is 13.1. The number of anilines is 1. The smallest absolute Gasteiger partial charge is 0.233 e. The molecule has 23 heavy (non-hydrogen) atoms. The highest BCUT2D eigenvalue weighted by Crippen LogP contribution is 2.37. The van der Waals surface area contributed by atoms with Gasteiger partial charge in [-0.1, -0.05) is 0 Å². The molecule has 3 aliphatic rings. The molecule has 0 aromatic carbocycles. The van der Waals surface area contributed by atoms with Gasteiger partial charge in [0.15, 0.2) is 5.13 Å². The molecule has 1 aromatic heterocycles. The summed E-state index contributed by atoms with van der Waals surface area (Å²) in [5, 5.41) is 2.84. The molecule has 1 saturated heterocycles. The quantitative estimate of drug-likeness (QED) is 0.851. The van der Waals surface area contributed by atoms with Gasteiger partial charge in [0.05, 0.1) is 11.6 Å². The number of hydrogen-bond acceptors (Lipinski definition) is 4. The van der Waals surface area contributed by atoms with Gasteiger partial charge in [-0.3, -0.25) is 14.5 Å². The number of aryl methyl sites for hydroxylation is 1. The average Bonchev–Trinajstić information content (AvgIpc) is 3.46. The van der Waals surface area contributed by atoms with Gasteiger partial charge in [-0.15, -0.1) is 11.3 Å². The molecule has 0 radical (unpaired) electrons. The number of rotatable bonds is 4. The van der Waals surface area contributed by atoms with Crippen LogP contribution in [0.15, 0.2) is 5.38 Å². The first-order chi connectivity index (χ1) is 11.1. The van der Waals surface area contributed by atoms with Gasteiger partial charge in [-0.2, -0.15) is 0 Å². The number of carbonyl (C=O) groups excluding carboxylic acids is 2. The van der Waals surface area contributed by atoms with Crippen LogP contribution in [0.3, 0.4) is 0 Å². The lowest BCUT2D eigenvalue weighted by molar-refractivity contribution is -0.136. The number of aromatic nitrogens is 1. The second-order valence-electron chi connectivity index (χ2n) is 7.11. The number of piperidine rings is 1.